The molecule has 0 saturated carbocycles. The van der Waals surface area contributed by atoms with Gasteiger partial charge in [-0.2, -0.15) is 13.2 Å². The molecule has 1 atom stereocenters. The SMILES string of the molecule is CCc1cccc([C@](O)(C(=O)N2CC(CC3CCN(c4ccc(C(=O)N(C)C)c(Cl)n4)CC3)C2)C(F)(F)F)c1. The third kappa shape index (κ3) is 5.87. The Hall–Kier alpha value is -2.85. The number of pyridine rings is 1. The fraction of sp³-hybridized carbons (Fsp3) is 0.536. The number of hydrogen-bond donors (Lipinski definition) is 1. The van der Waals surface area contributed by atoms with Crippen molar-refractivity contribution in [3.05, 3.63) is 58.2 Å². The number of nitrogens with zero attached hydrogens (tertiary/aromatic N) is 4. The second-order valence-electron chi connectivity index (χ2n) is 10.7. The Morgan fingerprint density at radius 2 is 1.77 bits per heavy atom. The lowest BCUT2D eigenvalue weighted by Crippen LogP contribution is -2.61. The topological polar surface area (TPSA) is 77.0 Å². The van der Waals surface area contributed by atoms with E-state index >= 15 is 0 Å². The van der Waals surface area contributed by atoms with Crippen LogP contribution in [0.1, 0.15) is 47.7 Å². The summed E-state index contributed by atoms with van der Waals surface area (Å²) in [4.78, 5) is 34.2. The molecule has 39 heavy (non-hydrogen) atoms. The molecule has 2 fully saturated rings. The first-order valence-electron chi connectivity index (χ1n) is 13.2. The molecule has 1 aromatic heterocycles. The van der Waals surface area contributed by atoms with Crippen molar-refractivity contribution in [1.82, 2.24) is 14.8 Å². The van der Waals surface area contributed by atoms with Crippen LogP contribution in [-0.4, -0.2) is 78.2 Å². The minimum Gasteiger partial charge on any atom is -0.369 e. The molecule has 1 aromatic carbocycles. The van der Waals surface area contributed by atoms with Gasteiger partial charge in [-0.15, -0.1) is 0 Å². The van der Waals surface area contributed by atoms with Gasteiger partial charge in [0.2, 0.25) is 0 Å². The van der Waals surface area contributed by atoms with E-state index in [0.29, 0.717) is 29.3 Å². The number of rotatable bonds is 7. The quantitative estimate of drug-likeness (QED) is 0.499. The number of carbonyl (C=O) groups excluding carboxylic acids is 2. The highest BCUT2D eigenvalue weighted by Gasteiger charge is 2.63. The van der Waals surface area contributed by atoms with E-state index in [2.05, 4.69) is 9.88 Å². The number of hydrogen-bond acceptors (Lipinski definition) is 5. The van der Waals surface area contributed by atoms with Crippen LogP contribution in [0.5, 0.6) is 0 Å². The average molecular weight is 567 g/mol. The molecule has 0 spiro atoms. The van der Waals surface area contributed by atoms with Crippen molar-refractivity contribution in [2.45, 2.75) is 44.4 Å². The van der Waals surface area contributed by atoms with Gasteiger partial charge in [-0.05, 0) is 55.2 Å². The van der Waals surface area contributed by atoms with Crippen LogP contribution < -0.4 is 4.90 Å². The van der Waals surface area contributed by atoms with Crippen LogP contribution in [0, 0.1) is 11.8 Å². The molecular weight excluding hydrogens is 533 g/mol. The number of anilines is 1. The van der Waals surface area contributed by atoms with Crippen molar-refractivity contribution in [1.29, 1.82) is 0 Å². The molecule has 2 aliphatic heterocycles. The van der Waals surface area contributed by atoms with Gasteiger partial charge < -0.3 is 19.8 Å². The first-order chi connectivity index (χ1) is 18.3. The lowest BCUT2D eigenvalue weighted by Gasteiger charge is -2.45. The zero-order valence-corrected chi connectivity index (χ0v) is 23.1. The van der Waals surface area contributed by atoms with Gasteiger partial charge in [0.25, 0.3) is 17.4 Å². The van der Waals surface area contributed by atoms with Crippen molar-refractivity contribution < 1.29 is 27.9 Å². The third-order valence-corrected chi connectivity index (χ3v) is 8.08. The van der Waals surface area contributed by atoms with Crippen LogP contribution >= 0.6 is 11.6 Å². The van der Waals surface area contributed by atoms with Gasteiger partial charge in [0.1, 0.15) is 11.0 Å². The van der Waals surface area contributed by atoms with E-state index in [-0.39, 0.29) is 30.1 Å². The van der Waals surface area contributed by atoms with Gasteiger partial charge in [-0.3, -0.25) is 9.59 Å². The average Bonchev–Trinajstić information content (AvgIpc) is 2.88. The summed E-state index contributed by atoms with van der Waals surface area (Å²) in [5, 5.41) is 10.9. The summed E-state index contributed by atoms with van der Waals surface area (Å²) in [6.45, 7) is 3.68. The van der Waals surface area contributed by atoms with Crippen molar-refractivity contribution in [2.24, 2.45) is 11.8 Å². The normalized spacial score (nSPS) is 18.5. The molecular formula is C28H34ClF3N4O3. The number of piperidine rings is 1. The maximum atomic E-state index is 14.0. The van der Waals surface area contributed by atoms with Gasteiger partial charge >= 0.3 is 6.18 Å². The highest BCUT2D eigenvalue weighted by molar-refractivity contribution is 6.32. The fourth-order valence-electron chi connectivity index (χ4n) is 5.41. The fourth-order valence-corrected chi connectivity index (χ4v) is 5.64. The van der Waals surface area contributed by atoms with Crippen molar-refractivity contribution >= 4 is 29.2 Å². The highest BCUT2D eigenvalue weighted by Crippen LogP contribution is 2.42. The molecule has 11 heteroatoms. The van der Waals surface area contributed by atoms with E-state index in [1.54, 1.807) is 39.2 Å². The summed E-state index contributed by atoms with van der Waals surface area (Å²) in [5.41, 5.74) is -3.04. The number of amides is 2. The second-order valence-corrected chi connectivity index (χ2v) is 11.1. The molecule has 7 nitrogen and oxygen atoms in total. The number of halogens is 4. The molecule has 0 aliphatic carbocycles. The number of aliphatic hydroxyl groups is 1. The lowest BCUT2D eigenvalue weighted by atomic mass is 9.82. The first kappa shape index (κ1) is 29.1. The summed E-state index contributed by atoms with van der Waals surface area (Å²) in [7, 11) is 3.30. The summed E-state index contributed by atoms with van der Waals surface area (Å²) in [5.74, 6) is -0.361. The molecule has 2 amide bonds. The van der Waals surface area contributed by atoms with Gasteiger partial charge in [0, 0.05) is 45.8 Å². The van der Waals surface area contributed by atoms with Crippen LogP contribution in [0.3, 0.4) is 0 Å². The molecule has 0 unspecified atom stereocenters. The van der Waals surface area contributed by atoms with Crippen LogP contribution in [0.25, 0.3) is 0 Å². The Kier molecular flexibility index (Phi) is 8.47. The third-order valence-electron chi connectivity index (χ3n) is 7.79. The van der Waals surface area contributed by atoms with Crippen LogP contribution in [-0.2, 0) is 16.8 Å². The summed E-state index contributed by atoms with van der Waals surface area (Å²) in [6.07, 6.45) is -2.09. The Balaban J connectivity index is 1.32. The van der Waals surface area contributed by atoms with Crippen LogP contribution in [0.4, 0.5) is 19.0 Å². The predicted molar refractivity (Wildman–Crippen MR) is 143 cm³/mol. The van der Waals surface area contributed by atoms with E-state index in [1.165, 1.54) is 17.0 Å². The first-order valence-corrected chi connectivity index (χ1v) is 13.5. The minimum absolute atomic E-state index is 0.0915. The maximum absolute atomic E-state index is 14.0. The maximum Gasteiger partial charge on any atom is 0.430 e. The Morgan fingerprint density at radius 1 is 1.10 bits per heavy atom. The number of aromatic nitrogens is 1. The lowest BCUT2D eigenvalue weighted by molar-refractivity contribution is -0.264. The predicted octanol–water partition coefficient (Wildman–Crippen LogP) is 4.51. The minimum atomic E-state index is -5.14. The van der Waals surface area contributed by atoms with Crippen molar-refractivity contribution in [3.63, 3.8) is 0 Å². The molecule has 0 bridgehead atoms. The molecule has 212 valence electrons. The second kappa shape index (κ2) is 11.3. The van der Waals surface area contributed by atoms with Gasteiger partial charge in [0.15, 0.2) is 0 Å². The molecule has 3 heterocycles. The van der Waals surface area contributed by atoms with E-state index in [9.17, 15) is 27.9 Å². The van der Waals surface area contributed by atoms with Crippen LogP contribution in [0.2, 0.25) is 5.15 Å². The number of carbonyl (C=O) groups is 2. The highest BCUT2D eigenvalue weighted by atomic mass is 35.5. The monoisotopic (exact) mass is 566 g/mol. The summed E-state index contributed by atoms with van der Waals surface area (Å²) >= 11 is 6.26. The molecule has 4 rings (SSSR count). The molecule has 0 radical (unpaired) electrons. The Labute approximate surface area is 231 Å². The van der Waals surface area contributed by atoms with Crippen molar-refractivity contribution in [2.75, 3.05) is 45.2 Å². The standard InChI is InChI=1S/C28H34ClF3N4O3/c1-4-18-6-5-7-21(15-18)27(39,28(30,31)32)26(38)36-16-20(17-36)14-19-10-12-35(13-11-19)23-9-8-22(24(29)33-23)25(37)34(2)3/h5-9,15,19-20,39H,4,10-14,16-17H2,1-3H3/t27-/m0/s1. The largest absolute Gasteiger partial charge is 0.430 e. The zero-order valence-electron chi connectivity index (χ0n) is 22.3. The van der Waals surface area contributed by atoms with E-state index < -0.39 is 23.2 Å². The van der Waals surface area contributed by atoms with E-state index in [1.807, 2.05) is 0 Å². The molecule has 2 aromatic rings. The zero-order chi connectivity index (χ0) is 28.5. The number of likely N-dealkylation sites (tertiary alicyclic amines) is 1. The van der Waals surface area contributed by atoms with Gasteiger partial charge in [-0.1, -0.05) is 42.8 Å². The summed E-state index contributed by atoms with van der Waals surface area (Å²) < 4.78 is 42.1. The number of alkyl halides is 3. The summed E-state index contributed by atoms with van der Waals surface area (Å²) in [6, 6.07) is 8.99. The molecule has 2 aliphatic rings. The van der Waals surface area contributed by atoms with E-state index in [4.69, 9.17) is 11.6 Å². The molecule has 1 N–H and O–H groups in total. The van der Waals surface area contributed by atoms with Gasteiger partial charge in [-0.25, -0.2) is 4.98 Å². The Morgan fingerprint density at radius 3 is 2.33 bits per heavy atom. The Bertz CT molecular complexity index is 1210. The number of benzene rings is 1. The van der Waals surface area contributed by atoms with Crippen molar-refractivity contribution in [3.8, 4) is 0 Å². The van der Waals surface area contributed by atoms with Gasteiger partial charge in [0.05, 0.1) is 5.56 Å². The van der Waals surface area contributed by atoms with Crippen LogP contribution in [0.15, 0.2) is 36.4 Å². The molecule has 2 saturated heterocycles. The smallest absolute Gasteiger partial charge is 0.369 e. The number of aryl methyl sites for hydroxylation is 1. The van der Waals surface area contributed by atoms with E-state index in [0.717, 1.165) is 43.3 Å².